The van der Waals surface area contributed by atoms with Crippen LogP contribution in [-0.2, 0) is 32.6 Å². The summed E-state index contributed by atoms with van der Waals surface area (Å²) in [5.74, 6) is -1.28. The van der Waals surface area contributed by atoms with E-state index in [1.165, 1.54) is 55.5 Å². The van der Waals surface area contributed by atoms with Crippen LogP contribution in [0.2, 0.25) is 10.0 Å². The Morgan fingerprint density at radius 2 is 1.57 bits per heavy atom. The predicted molar refractivity (Wildman–Crippen MR) is 189 cm³/mol. The number of sulfonamides is 1. The van der Waals surface area contributed by atoms with Crippen molar-refractivity contribution in [1.29, 1.82) is 0 Å². The van der Waals surface area contributed by atoms with E-state index in [2.05, 4.69) is 5.32 Å². The molecule has 0 radical (unpaired) electrons. The van der Waals surface area contributed by atoms with Crippen molar-refractivity contribution in [2.45, 2.75) is 50.2 Å². The minimum Gasteiger partial charge on any atom is -0.493 e. The fraction of sp³-hybridized carbons (Fsp3) is 0.278. The number of nitrogens with zero attached hydrogens (tertiary/aromatic N) is 2. The quantitative estimate of drug-likeness (QED) is 0.143. The van der Waals surface area contributed by atoms with Gasteiger partial charge in [0.25, 0.3) is 10.0 Å². The molecule has 0 aromatic heterocycles. The molecule has 0 aliphatic heterocycles. The second kappa shape index (κ2) is 16.9. The van der Waals surface area contributed by atoms with E-state index in [1.807, 2.05) is 44.2 Å². The van der Waals surface area contributed by atoms with Gasteiger partial charge in [-0.05, 0) is 73.0 Å². The average molecular weight is 731 g/mol. The third-order valence-electron chi connectivity index (χ3n) is 7.96. The van der Waals surface area contributed by atoms with Crippen LogP contribution in [0.3, 0.4) is 0 Å². The molecule has 4 aromatic rings. The van der Waals surface area contributed by atoms with Crippen LogP contribution >= 0.6 is 23.2 Å². The number of ether oxygens (including phenoxy) is 2. The van der Waals surface area contributed by atoms with Crippen LogP contribution < -0.4 is 19.1 Å². The van der Waals surface area contributed by atoms with Gasteiger partial charge in [-0.3, -0.25) is 13.9 Å². The molecule has 9 nitrogen and oxygen atoms in total. The lowest BCUT2D eigenvalue weighted by molar-refractivity contribution is -0.140. The summed E-state index contributed by atoms with van der Waals surface area (Å²) in [6.45, 7) is 2.89. The van der Waals surface area contributed by atoms with Gasteiger partial charge in [0.05, 0.1) is 24.8 Å². The number of carbonyl (C=O) groups is 2. The van der Waals surface area contributed by atoms with E-state index >= 15 is 0 Å². The summed E-state index contributed by atoms with van der Waals surface area (Å²) >= 11 is 12.7. The molecule has 0 unspecified atom stereocenters. The minimum absolute atomic E-state index is 0.0256. The molecule has 4 aromatic carbocycles. The van der Waals surface area contributed by atoms with Crippen molar-refractivity contribution in [2.75, 3.05) is 25.1 Å². The molecule has 0 heterocycles. The number of benzene rings is 4. The first-order valence-corrected chi connectivity index (χ1v) is 17.7. The van der Waals surface area contributed by atoms with Gasteiger partial charge in [-0.2, -0.15) is 0 Å². The van der Waals surface area contributed by atoms with E-state index < -0.39 is 40.2 Å². The largest absolute Gasteiger partial charge is 0.493 e. The standard InChI is InChI=1S/C36H38Cl2FN3O6S/c1-5-24(2)40-36(44)32(19-25-9-7-6-8-10-25)41(22-26-11-12-27(37)20-31(26)38)35(43)23-42(29-15-13-28(39)14-16-29)49(45,46)30-17-18-33(47-3)34(21-30)48-4/h6-18,20-21,24,32H,5,19,22-23H2,1-4H3,(H,40,44)/t24-,32+/m1/s1. The first-order valence-electron chi connectivity index (χ1n) is 15.5. The second-order valence-corrected chi connectivity index (χ2v) is 14.0. The normalized spacial score (nSPS) is 12.5. The summed E-state index contributed by atoms with van der Waals surface area (Å²) < 4.78 is 54.2. The molecule has 0 saturated carbocycles. The van der Waals surface area contributed by atoms with Crippen LogP contribution in [0.4, 0.5) is 10.1 Å². The van der Waals surface area contributed by atoms with Crippen molar-refractivity contribution < 1.29 is 31.9 Å². The molecule has 0 fully saturated rings. The summed E-state index contributed by atoms with van der Waals surface area (Å²) in [7, 11) is -1.70. The van der Waals surface area contributed by atoms with Gasteiger partial charge >= 0.3 is 0 Å². The average Bonchev–Trinajstić information content (AvgIpc) is 3.09. The maximum Gasteiger partial charge on any atom is 0.264 e. The van der Waals surface area contributed by atoms with Gasteiger partial charge in [0, 0.05) is 35.1 Å². The molecule has 4 rings (SSSR count). The highest BCUT2D eigenvalue weighted by Gasteiger charge is 2.35. The zero-order chi connectivity index (χ0) is 35.7. The number of nitrogens with one attached hydrogen (secondary N) is 1. The SMILES string of the molecule is CC[C@@H](C)NC(=O)[C@H](Cc1ccccc1)N(Cc1ccc(Cl)cc1Cl)C(=O)CN(c1ccc(F)cc1)S(=O)(=O)c1ccc(OC)c(OC)c1. The summed E-state index contributed by atoms with van der Waals surface area (Å²) in [6, 6.07) is 21.4. The molecule has 2 amide bonds. The minimum atomic E-state index is -4.48. The van der Waals surface area contributed by atoms with Gasteiger partial charge in [-0.25, -0.2) is 12.8 Å². The van der Waals surface area contributed by atoms with E-state index in [-0.39, 0.29) is 40.4 Å². The Bertz CT molecular complexity index is 1860. The first-order chi connectivity index (χ1) is 23.4. The summed E-state index contributed by atoms with van der Waals surface area (Å²) in [6.07, 6.45) is 0.766. The third kappa shape index (κ3) is 9.44. The van der Waals surface area contributed by atoms with Crippen molar-refractivity contribution in [1.82, 2.24) is 10.2 Å². The zero-order valence-electron chi connectivity index (χ0n) is 27.5. The molecule has 260 valence electrons. The van der Waals surface area contributed by atoms with Gasteiger partial charge in [0.1, 0.15) is 18.4 Å². The topological polar surface area (TPSA) is 105 Å². The predicted octanol–water partition coefficient (Wildman–Crippen LogP) is 6.90. The smallest absolute Gasteiger partial charge is 0.264 e. The van der Waals surface area contributed by atoms with E-state index in [4.69, 9.17) is 32.7 Å². The molecule has 0 bridgehead atoms. The van der Waals surface area contributed by atoms with E-state index in [0.717, 1.165) is 22.0 Å². The summed E-state index contributed by atoms with van der Waals surface area (Å²) in [5, 5.41) is 3.62. The molecular formula is C36H38Cl2FN3O6S. The van der Waals surface area contributed by atoms with Crippen molar-refractivity contribution >= 4 is 50.7 Å². The summed E-state index contributed by atoms with van der Waals surface area (Å²) in [4.78, 5) is 29.7. The molecule has 1 N–H and O–H groups in total. The first kappa shape index (κ1) is 37.5. The molecule has 13 heteroatoms. The Balaban J connectivity index is 1.85. The van der Waals surface area contributed by atoms with Gasteiger partial charge in [0.15, 0.2) is 11.5 Å². The van der Waals surface area contributed by atoms with Crippen LogP contribution in [0.15, 0.2) is 95.9 Å². The van der Waals surface area contributed by atoms with E-state index in [1.54, 1.807) is 12.1 Å². The number of methoxy groups -OCH3 is 2. The van der Waals surface area contributed by atoms with Crippen molar-refractivity contribution in [3.63, 3.8) is 0 Å². The maximum atomic E-state index is 14.6. The van der Waals surface area contributed by atoms with Gasteiger partial charge in [-0.1, -0.05) is 66.5 Å². The molecule has 2 atom stereocenters. The Morgan fingerprint density at radius 3 is 2.18 bits per heavy atom. The van der Waals surface area contributed by atoms with E-state index in [0.29, 0.717) is 22.8 Å². The van der Waals surface area contributed by atoms with Crippen LogP contribution in [-0.4, -0.2) is 58.0 Å². The number of hydrogen-bond acceptors (Lipinski definition) is 6. The molecular weight excluding hydrogens is 692 g/mol. The van der Waals surface area contributed by atoms with Crippen LogP contribution in [0.1, 0.15) is 31.4 Å². The Hall–Kier alpha value is -4.32. The number of halogens is 3. The summed E-state index contributed by atoms with van der Waals surface area (Å²) in [5.41, 5.74) is 1.29. The molecule has 0 aliphatic rings. The van der Waals surface area contributed by atoms with Crippen LogP contribution in [0, 0.1) is 5.82 Å². The lowest BCUT2D eigenvalue weighted by Gasteiger charge is -2.34. The fourth-order valence-electron chi connectivity index (χ4n) is 5.07. The monoisotopic (exact) mass is 729 g/mol. The number of amides is 2. The van der Waals surface area contributed by atoms with Gasteiger partial charge < -0.3 is 19.7 Å². The van der Waals surface area contributed by atoms with Crippen molar-refractivity contribution in [3.05, 3.63) is 118 Å². The maximum absolute atomic E-state index is 14.6. The van der Waals surface area contributed by atoms with Crippen molar-refractivity contribution in [3.8, 4) is 11.5 Å². The number of carbonyl (C=O) groups excluding carboxylic acids is 2. The highest BCUT2D eigenvalue weighted by atomic mass is 35.5. The molecule has 0 saturated heterocycles. The number of rotatable bonds is 15. The van der Waals surface area contributed by atoms with Crippen molar-refractivity contribution in [2.24, 2.45) is 0 Å². The zero-order valence-corrected chi connectivity index (χ0v) is 29.9. The van der Waals surface area contributed by atoms with Gasteiger partial charge in [-0.15, -0.1) is 0 Å². The number of anilines is 1. The Labute approximate surface area is 296 Å². The number of hydrogen-bond donors (Lipinski definition) is 1. The second-order valence-electron chi connectivity index (χ2n) is 11.3. The third-order valence-corrected chi connectivity index (χ3v) is 10.3. The van der Waals surface area contributed by atoms with Gasteiger partial charge in [0.2, 0.25) is 11.8 Å². The van der Waals surface area contributed by atoms with Crippen LogP contribution in [0.5, 0.6) is 11.5 Å². The Morgan fingerprint density at radius 1 is 0.898 bits per heavy atom. The highest BCUT2D eigenvalue weighted by Crippen LogP contribution is 2.33. The lowest BCUT2D eigenvalue weighted by Crippen LogP contribution is -2.54. The van der Waals surface area contributed by atoms with Crippen LogP contribution in [0.25, 0.3) is 0 Å². The molecule has 49 heavy (non-hydrogen) atoms. The highest BCUT2D eigenvalue weighted by molar-refractivity contribution is 7.92. The Kier molecular flexibility index (Phi) is 12.9. The van der Waals surface area contributed by atoms with E-state index in [9.17, 15) is 22.4 Å². The lowest BCUT2D eigenvalue weighted by atomic mass is 10.0. The molecule has 0 aliphatic carbocycles. The fourth-order valence-corrected chi connectivity index (χ4v) is 6.97. The molecule has 0 spiro atoms.